The molecule has 1 fully saturated rings. The molecule has 23 heavy (non-hydrogen) atoms. The number of carboxylic acid groups (broad SMARTS) is 1. The number of nitrogens with one attached hydrogen (secondary N) is 1. The lowest BCUT2D eigenvalue weighted by atomic mass is 9.96. The molecular formula is C15H22N4O4. The maximum atomic E-state index is 12.5. The molecule has 1 saturated heterocycles. The van der Waals surface area contributed by atoms with Gasteiger partial charge in [0.25, 0.3) is 5.91 Å². The van der Waals surface area contributed by atoms with Gasteiger partial charge in [-0.3, -0.25) is 9.59 Å². The summed E-state index contributed by atoms with van der Waals surface area (Å²) in [4.78, 5) is 45.7. The molecule has 0 radical (unpaired) electrons. The number of amides is 2. The third-order valence-electron chi connectivity index (χ3n) is 4.19. The van der Waals surface area contributed by atoms with E-state index in [0.29, 0.717) is 26.2 Å². The number of likely N-dealkylation sites (tertiary alicyclic amines) is 1. The van der Waals surface area contributed by atoms with Gasteiger partial charge in [-0.1, -0.05) is 0 Å². The summed E-state index contributed by atoms with van der Waals surface area (Å²) in [6.45, 7) is 5.95. The summed E-state index contributed by atoms with van der Waals surface area (Å²) in [5.41, 5.74) is -0.319. The quantitative estimate of drug-likeness (QED) is 0.835. The van der Waals surface area contributed by atoms with E-state index in [2.05, 4.69) is 9.97 Å². The predicted octanol–water partition coefficient (Wildman–Crippen LogP) is 0.828. The topological polar surface area (TPSA) is 107 Å². The Hall–Kier alpha value is -2.38. The van der Waals surface area contributed by atoms with E-state index in [4.69, 9.17) is 5.11 Å². The number of hydrogen-bond acceptors (Lipinski definition) is 4. The van der Waals surface area contributed by atoms with Crippen LogP contribution >= 0.6 is 0 Å². The fraction of sp³-hybridized carbons (Fsp3) is 0.600. The van der Waals surface area contributed by atoms with Crippen LogP contribution in [0.4, 0.5) is 0 Å². The van der Waals surface area contributed by atoms with E-state index in [1.54, 1.807) is 4.90 Å². The van der Waals surface area contributed by atoms with E-state index in [1.165, 1.54) is 11.2 Å². The molecule has 2 heterocycles. The van der Waals surface area contributed by atoms with Gasteiger partial charge in [0.2, 0.25) is 5.91 Å². The van der Waals surface area contributed by atoms with Gasteiger partial charge in [0, 0.05) is 26.2 Å². The summed E-state index contributed by atoms with van der Waals surface area (Å²) in [5, 5.41) is 9.08. The zero-order chi connectivity index (χ0) is 17.0. The van der Waals surface area contributed by atoms with E-state index >= 15 is 0 Å². The Morgan fingerprint density at radius 1 is 1.39 bits per heavy atom. The minimum Gasteiger partial charge on any atom is -0.477 e. The molecule has 1 aromatic rings. The number of rotatable bonds is 5. The van der Waals surface area contributed by atoms with E-state index < -0.39 is 11.9 Å². The van der Waals surface area contributed by atoms with Gasteiger partial charge < -0.3 is 19.9 Å². The highest BCUT2D eigenvalue weighted by Gasteiger charge is 2.33. The normalized spacial score (nSPS) is 17.8. The maximum Gasteiger partial charge on any atom is 0.354 e. The molecule has 1 unspecified atom stereocenters. The lowest BCUT2D eigenvalue weighted by molar-refractivity contribution is -0.136. The van der Waals surface area contributed by atoms with Crippen molar-refractivity contribution in [1.82, 2.24) is 19.8 Å². The van der Waals surface area contributed by atoms with Gasteiger partial charge in [0.05, 0.1) is 12.2 Å². The predicted molar refractivity (Wildman–Crippen MR) is 82.1 cm³/mol. The molecule has 0 bridgehead atoms. The third kappa shape index (κ3) is 3.52. The van der Waals surface area contributed by atoms with Crippen molar-refractivity contribution in [1.29, 1.82) is 0 Å². The van der Waals surface area contributed by atoms with Gasteiger partial charge >= 0.3 is 5.97 Å². The number of aromatic nitrogens is 2. The number of hydrogen-bond donors (Lipinski definition) is 2. The van der Waals surface area contributed by atoms with Crippen molar-refractivity contribution >= 4 is 17.8 Å². The summed E-state index contributed by atoms with van der Waals surface area (Å²) in [5.74, 6) is -1.85. The molecular weight excluding hydrogens is 300 g/mol. The van der Waals surface area contributed by atoms with Crippen LogP contribution in [-0.2, 0) is 4.79 Å². The minimum absolute atomic E-state index is 0.0491. The Labute approximate surface area is 134 Å². The van der Waals surface area contributed by atoms with E-state index in [0.717, 1.165) is 12.8 Å². The van der Waals surface area contributed by atoms with Gasteiger partial charge in [0.1, 0.15) is 0 Å². The number of carboxylic acids is 1. The molecule has 8 heteroatoms. The van der Waals surface area contributed by atoms with Crippen LogP contribution in [-0.4, -0.2) is 68.8 Å². The summed E-state index contributed by atoms with van der Waals surface area (Å²) in [6.07, 6.45) is 2.65. The molecule has 0 saturated carbocycles. The van der Waals surface area contributed by atoms with Crippen LogP contribution in [0.2, 0.25) is 0 Å². The van der Waals surface area contributed by atoms with Crippen LogP contribution in [0.3, 0.4) is 0 Å². The first-order valence-electron chi connectivity index (χ1n) is 7.84. The zero-order valence-electron chi connectivity index (χ0n) is 13.4. The highest BCUT2D eigenvalue weighted by Crippen LogP contribution is 2.21. The highest BCUT2D eigenvalue weighted by molar-refractivity contribution is 6.02. The molecule has 1 atom stereocenters. The van der Waals surface area contributed by atoms with Gasteiger partial charge in [-0.2, -0.15) is 0 Å². The number of aromatic carboxylic acids is 1. The van der Waals surface area contributed by atoms with Crippen LogP contribution in [0.25, 0.3) is 0 Å². The highest BCUT2D eigenvalue weighted by atomic mass is 16.4. The molecule has 1 aliphatic rings. The zero-order valence-corrected chi connectivity index (χ0v) is 13.4. The van der Waals surface area contributed by atoms with Gasteiger partial charge in [-0.25, -0.2) is 9.78 Å². The van der Waals surface area contributed by atoms with Gasteiger partial charge in [-0.15, -0.1) is 0 Å². The Balaban J connectivity index is 2.11. The fourth-order valence-electron chi connectivity index (χ4n) is 2.93. The SMILES string of the molecule is CCN(CC)C(=O)C1CCCN(C(=O)c2nc[nH]c2C(=O)O)C1. The summed E-state index contributed by atoms with van der Waals surface area (Å²) in [7, 11) is 0. The first-order chi connectivity index (χ1) is 11.0. The first kappa shape index (κ1) is 17.0. The van der Waals surface area contributed by atoms with Crippen LogP contribution in [0.5, 0.6) is 0 Å². The Morgan fingerprint density at radius 2 is 2.09 bits per heavy atom. The Morgan fingerprint density at radius 3 is 2.70 bits per heavy atom. The number of carbonyl (C=O) groups excluding carboxylic acids is 2. The number of H-pyrrole nitrogens is 1. The van der Waals surface area contributed by atoms with E-state index in [1.807, 2.05) is 13.8 Å². The summed E-state index contributed by atoms with van der Waals surface area (Å²) >= 11 is 0. The van der Waals surface area contributed by atoms with Crippen LogP contribution in [0.15, 0.2) is 6.33 Å². The second-order valence-electron chi connectivity index (χ2n) is 5.53. The summed E-state index contributed by atoms with van der Waals surface area (Å²) < 4.78 is 0. The molecule has 2 amide bonds. The number of aromatic amines is 1. The number of carbonyl (C=O) groups is 3. The van der Waals surface area contributed by atoms with Crippen LogP contribution in [0.1, 0.15) is 47.7 Å². The van der Waals surface area contributed by atoms with Crippen LogP contribution in [0, 0.1) is 5.92 Å². The van der Waals surface area contributed by atoms with Gasteiger partial charge in [0.15, 0.2) is 11.4 Å². The monoisotopic (exact) mass is 322 g/mol. The minimum atomic E-state index is -1.22. The fourth-order valence-corrected chi connectivity index (χ4v) is 2.93. The average Bonchev–Trinajstić information content (AvgIpc) is 3.05. The van der Waals surface area contributed by atoms with E-state index in [-0.39, 0.29) is 23.2 Å². The molecule has 0 aliphatic carbocycles. The van der Waals surface area contributed by atoms with Crippen LogP contribution < -0.4 is 0 Å². The number of piperidine rings is 1. The molecule has 1 aromatic heterocycles. The lowest BCUT2D eigenvalue weighted by Crippen LogP contribution is -2.47. The largest absolute Gasteiger partial charge is 0.477 e. The van der Waals surface area contributed by atoms with E-state index in [9.17, 15) is 14.4 Å². The van der Waals surface area contributed by atoms with Gasteiger partial charge in [-0.05, 0) is 26.7 Å². The Bertz CT molecular complexity index is 594. The first-order valence-corrected chi connectivity index (χ1v) is 7.84. The molecule has 2 N–H and O–H groups in total. The second kappa shape index (κ2) is 7.26. The molecule has 1 aliphatic heterocycles. The molecule has 2 rings (SSSR count). The molecule has 0 aromatic carbocycles. The number of nitrogens with zero attached hydrogens (tertiary/aromatic N) is 3. The maximum absolute atomic E-state index is 12.5. The van der Waals surface area contributed by atoms with Crippen molar-refractivity contribution in [2.24, 2.45) is 5.92 Å². The van der Waals surface area contributed by atoms with Crippen molar-refractivity contribution in [3.05, 3.63) is 17.7 Å². The van der Waals surface area contributed by atoms with Crippen molar-refractivity contribution in [2.45, 2.75) is 26.7 Å². The number of imidazole rings is 1. The van der Waals surface area contributed by atoms with Crippen molar-refractivity contribution < 1.29 is 19.5 Å². The molecule has 0 spiro atoms. The van der Waals surface area contributed by atoms with Crippen molar-refractivity contribution in [2.75, 3.05) is 26.2 Å². The Kier molecular flexibility index (Phi) is 5.36. The lowest BCUT2D eigenvalue weighted by Gasteiger charge is -2.34. The van der Waals surface area contributed by atoms with Crippen molar-refractivity contribution in [3.63, 3.8) is 0 Å². The molecule has 8 nitrogen and oxygen atoms in total. The van der Waals surface area contributed by atoms with Crippen molar-refractivity contribution in [3.8, 4) is 0 Å². The standard InChI is InChI=1S/C15H22N4O4/c1-3-18(4-2)13(20)10-6-5-7-19(8-10)14(21)11-12(15(22)23)17-9-16-11/h9-10H,3-8H2,1-2H3,(H,16,17)(H,22,23). The second-order valence-corrected chi connectivity index (χ2v) is 5.53. The smallest absolute Gasteiger partial charge is 0.354 e. The molecule has 126 valence electrons. The average molecular weight is 322 g/mol. The third-order valence-corrected chi connectivity index (χ3v) is 4.19. The summed E-state index contributed by atoms with van der Waals surface area (Å²) in [6, 6.07) is 0.